The van der Waals surface area contributed by atoms with Crippen molar-refractivity contribution in [1.29, 1.82) is 0 Å². The topological polar surface area (TPSA) is 64.3 Å². The van der Waals surface area contributed by atoms with Gasteiger partial charge in [0.1, 0.15) is 0 Å². The highest BCUT2D eigenvalue weighted by Gasteiger charge is 2.31. The van der Waals surface area contributed by atoms with Gasteiger partial charge in [0.2, 0.25) is 5.91 Å². The molecule has 1 aliphatic heterocycles. The van der Waals surface area contributed by atoms with Crippen LogP contribution in [0.5, 0.6) is 0 Å². The van der Waals surface area contributed by atoms with E-state index in [1.165, 1.54) is 0 Å². The number of hydrogen-bond acceptors (Lipinski definition) is 3. The van der Waals surface area contributed by atoms with E-state index in [4.69, 9.17) is 10.5 Å². The number of hydrogen-bond donors (Lipinski definition) is 2. The minimum Gasteiger partial charge on any atom is -0.378 e. The molecule has 1 amide bonds. The summed E-state index contributed by atoms with van der Waals surface area (Å²) in [5.74, 6) is 0.428. The summed E-state index contributed by atoms with van der Waals surface area (Å²) >= 11 is 0. The van der Waals surface area contributed by atoms with Crippen molar-refractivity contribution in [2.24, 2.45) is 17.6 Å². The molecule has 1 rings (SSSR count). The lowest BCUT2D eigenvalue weighted by atomic mass is 9.99. The molecule has 4 atom stereocenters. The minimum atomic E-state index is 0.0115. The van der Waals surface area contributed by atoms with Crippen LogP contribution in [-0.4, -0.2) is 31.2 Å². The van der Waals surface area contributed by atoms with Gasteiger partial charge < -0.3 is 15.8 Å². The molecule has 88 valence electrons. The van der Waals surface area contributed by atoms with Gasteiger partial charge in [-0.2, -0.15) is 0 Å². The average Bonchev–Trinajstić information content (AvgIpc) is 2.63. The Balaban J connectivity index is 2.41. The molecule has 1 heterocycles. The third kappa shape index (κ3) is 3.18. The van der Waals surface area contributed by atoms with Crippen LogP contribution < -0.4 is 11.1 Å². The van der Waals surface area contributed by atoms with Gasteiger partial charge >= 0.3 is 0 Å². The van der Waals surface area contributed by atoms with E-state index in [-0.39, 0.29) is 24.0 Å². The lowest BCUT2D eigenvalue weighted by Gasteiger charge is -2.22. The predicted octanol–water partition coefficient (Wildman–Crippen LogP) is 0.511. The first-order valence-corrected chi connectivity index (χ1v) is 5.68. The third-order valence-corrected chi connectivity index (χ3v) is 3.31. The summed E-state index contributed by atoms with van der Waals surface area (Å²) in [6.45, 7) is 7.28. The number of amides is 1. The molecule has 4 nitrogen and oxygen atoms in total. The minimum absolute atomic E-state index is 0.0115. The van der Waals surface area contributed by atoms with Crippen molar-refractivity contribution in [2.75, 3.05) is 13.2 Å². The highest BCUT2D eigenvalue weighted by molar-refractivity contribution is 5.79. The lowest BCUT2D eigenvalue weighted by molar-refractivity contribution is -0.127. The van der Waals surface area contributed by atoms with Crippen LogP contribution >= 0.6 is 0 Å². The fraction of sp³-hybridized carbons (Fsp3) is 0.909. The Kier molecular flexibility index (Phi) is 4.54. The van der Waals surface area contributed by atoms with Gasteiger partial charge in [0.05, 0.1) is 12.0 Å². The van der Waals surface area contributed by atoms with E-state index in [2.05, 4.69) is 5.32 Å². The largest absolute Gasteiger partial charge is 0.378 e. The zero-order valence-electron chi connectivity index (χ0n) is 9.82. The first-order chi connectivity index (χ1) is 7.06. The van der Waals surface area contributed by atoms with Crippen LogP contribution in [0, 0.1) is 11.8 Å². The van der Waals surface area contributed by atoms with E-state index in [9.17, 15) is 4.79 Å². The van der Waals surface area contributed by atoms with Crippen LogP contribution in [-0.2, 0) is 9.53 Å². The standard InChI is InChI=1S/C11H22N2O2/c1-7(6-12)8(2)13-11(14)10-4-5-15-9(10)3/h7-10H,4-6,12H2,1-3H3,(H,13,14). The van der Waals surface area contributed by atoms with Gasteiger partial charge in [-0.05, 0) is 32.7 Å². The van der Waals surface area contributed by atoms with Crippen molar-refractivity contribution in [3.8, 4) is 0 Å². The van der Waals surface area contributed by atoms with Crippen LogP contribution in [0.4, 0.5) is 0 Å². The number of rotatable bonds is 4. The van der Waals surface area contributed by atoms with Crippen molar-refractivity contribution in [3.05, 3.63) is 0 Å². The van der Waals surface area contributed by atoms with E-state index in [1.807, 2.05) is 20.8 Å². The van der Waals surface area contributed by atoms with Crippen molar-refractivity contribution >= 4 is 5.91 Å². The molecular weight excluding hydrogens is 192 g/mol. The Hall–Kier alpha value is -0.610. The summed E-state index contributed by atoms with van der Waals surface area (Å²) in [6, 6.07) is 0.135. The highest BCUT2D eigenvalue weighted by atomic mass is 16.5. The van der Waals surface area contributed by atoms with E-state index in [0.717, 1.165) is 6.42 Å². The van der Waals surface area contributed by atoms with Crippen molar-refractivity contribution in [3.63, 3.8) is 0 Å². The molecule has 0 saturated carbocycles. The Morgan fingerprint density at radius 2 is 2.27 bits per heavy atom. The quantitative estimate of drug-likeness (QED) is 0.716. The molecule has 0 aromatic heterocycles. The maximum Gasteiger partial charge on any atom is 0.226 e. The second-order valence-electron chi connectivity index (χ2n) is 4.48. The van der Waals surface area contributed by atoms with E-state index in [0.29, 0.717) is 19.1 Å². The second-order valence-corrected chi connectivity index (χ2v) is 4.48. The fourth-order valence-corrected chi connectivity index (χ4v) is 1.75. The molecular formula is C11H22N2O2. The van der Waals surface area contributed by atoms with Crippen LogP contribution in [0.3, 0.4) is 0 Å². The van der Waals surface area contributed by atoms with E-state index < -0.39 is 0 Å². The molecule has 0 bridgehead atoms. The van der Waals surface area contributed by atoms with Crippen LogP contribution in [0.25, 0.3) is 0 Å². The molecule has 0 spiro atoms. The van der Waals surface area contributed by atoms with Gasteiger partial charge in [0.25, 0.3) is 0 Å². The molecule has 0 aliphatic carbocycles. The molecule has 4 heteroatoms. The molecule has 1 aliphatic rings. The predicted molar refractivity (Wildman–Crippen MR) is 59.3 cm³/mol. The van der Waals surface area contributed by atoms with Crippen LogP contribution in [0.1, 0.15) is 27.2 Å². The normalized spacial score (nSPS) is 29.9. The zero-order valence-corrected chi connectivity index (χ0v) is 9.82. The number of carbonyl (C=O) groups excluding carboxylic acids is 1. The van der Waals surface area contributed by atoms with Crippen LogP contribution in [0.2, 0.25) is 0 Å². The molecule has 4 unspecified atom stereocenters. The Labute approximate surface area is 91.5 Å². The molecule has 3 N–H and O–H groups in total. The summed E-state index contributed by atoms with van der Waals surface area (Å²) in [6.07, 6.45) is 0.877. The third-order valence-electron chi connectivity index (χ3n) is 3.31. The number of carbonyl (C=O) groups is 1. The first-order valence-electron chi connectivity index (χ1n) is 5.68. The number of nitrogens with two attached hydrogens (primary N) is 1. The average molecular weight is 214 g/mol. The second kappa shape index (κ2) is 5.47. The Morgan fingerprint density at radius 3 is 2.73 bits per heavy atom. The Morgan fingerprint density at radius 1 is 1.60 bits per heavy atom. The maximum absolute atomic E-state index is 11.9. The zero-order chi connectivity index (χ0) is 11.4. The van der Waals surface area contributed by atoms with Crippen LogP contribution in [0.15, 0.2) is 0 Å². The van der Waals surface area contributed by atoms with E-state index >= 15 is 0 Å². The molecule has 0 radical (unpaired) electrons. The molecule has 15 heavy (non-hydrogen) atoms. The van der Waals surface area contributed by atoms with Gasteiger partial charge in [-0.3, -0.25) is 4.79 Å². The fourth-order valence-electron chi connectivity index (χ4n) is 1.75. The van der Waals surface area contributed by atoms with Gasteiger partial charge in [-0.1, -0.05) is 6.92 Å². The van der Waals surface area contributed by atoms with Gasteiger partial charge in [-0.15, -0.1) is 0 Å². The number of ether oxygens (including phenoxy) is 1. The summed E-state index contributed by atoms with van der Waals surface area (Å²) in [5, 5.41) is 3.00. The smallest absolute Gasteiger partial charge is 0.226 e. The van der Waals surface area contributed by atoms with Gasteiger partial charge in [-0.25, -0.2) is 0 Å². The van der Waals surface area contributed by atoms with Crippen molar-refractivity contribution in [1.82, 2.24) is 5.32 Å². The molecule has 0 aromatic rings. The lowest BCUT2D eigenvalue weighted by Crippen LogP contribution is -2.44. The summed E-state index contributed by atoms with van der Waals surface area (Å²) in [5.41, 5.74) is 5.55. The monoisotopic (exact) mass is 214 g/mol. The summed E-state index contributed by atoms with van der Waals surface area (Å²) in [7, 11) is 0. The highest BCUT2D eigenvalue weighted by Crippen LogP contribution is 2.20. The van der Waals surface area contributed by atoms with Gasteiger partial charge in [0.15, 0.2) is 0 Å². The molecule has 1 fully saturated rings. The van der Waals surface area contributed by atoms with E-state index in [1.54, 1.807) is 0 Å². The Bertz CT molecular complexity index is 221. The summed E-state index contributed by atoms with van der Waals surface area (Å²) < 4.78 is 5.37. The maximum atomic E-state index is 11.9. The first kappa shape index (κ1) is 12.5. The molecule has 0 aromatic carbocycles. The number of nitrogens with one attached hydrogen (secondary N) is 1. The van der Waals surface area contributed by atoms with Gasteiger partial charge in [0, 0.05) is 12.6 Å². The molecule has 1 saturated heterocycles. The SMILES string of the molecule is CC(CN)C(C)NC(=O)C1CCOC1C. The van der Waals surface area contributed by atoms with Crippen molar-refractivity contribution in [2.45, 2.75) is 39.3 Å². The van der Waals surface area contributed by atoms with Crippen molar-refractivity contribution < 1.29 is 9.53 Å². The summed E-state index contributed by atoms with van der Waals surface area (Å²) in [4.78, 5) is 11.9.